The minimum Gasteiger partial charge on any atom is -0.494 e. The molecule has 0 bridgehead atoms. The minimum absolute atomic E-state index is 0.122. The molecule has 5 aromatic carbocycles. The van der Waals surface area contributed by atoms with Gasteiger partial charge in [-0.2, -0.15) is 0 Å². The Hall–Kier alpha value is -7.68. The molecule has 10 nitrogen and oxygen atoms in total. The molecule has 0 saturated heterocycles. The molecule has 6 aromatic rings. The first-order valence-corrected chi connectivity index (χ1v) is 31.5. The van der Waals surface area contributed by atoms with Gasteiger partial charge in [-0.15, -0.1) is 11.3 Å². The molecule has 1 N–H and O–H groups in total. The van der Waals surface area contributed by atoms with Gasteiger partial charge in [0.1, 0.15) is 11.5 Å². The van der Waals surface area contributed by atoms with Crippen LogP contribution in [0.25, 0.3) is 43.9 Å². The van der Waals surface area contributed by atoms with Crippen molar-refractivity contribution in [1.29, 1.82) is 0 Å². The van der Waals surface area contributed by atoms with E-state index < -0.39 is 5.97 Å². The number of amides is 2. The zero-order valence-electron chi connectivity index (χ0n) is 49.8. The number of carbonyl (C=O) groups is 3. The smallest absolute Gasteiger partial charge is 0.333 e. The fourth-order valence-corrected chi connectivity index (χ4v) is 12.3. The minimum atomic E-state index is -1.26. The van der Waals surface area contributed by atoms with Gasteiger partial charge in [-0.05, 0) is 144 Å². The van der Waals surface area contributed by atoms with Gasteiger partial charge in [-0.1, -0.05) is 179 Å². The Morgan fingerprint density at radius 1 is 0.530 bits per heavy atom. The number of aliphatic carboxylic acids is 1. The third-order valence-electron chi connectivity index (χ3n) is 16.2. The van der Waals surface area contributed by atoms with E-state index >= 15 is 9.59 Å². The van der Waals surface area contributed by atoms with E-state index in [9.17, 15) is 9.90 Å². The molecule has 2 unspecified atom stereocenters. The summed E-state index contributed by atoms with van der Waals surface area (Å²) in [5, 5.41) is 9.40. The van der Waals surface area contributed by atoms with Crippen molar-refractivity contribution < 1.29 is 29.0 Å². The average Bonchev–Trinajstić information content (AvgIpc) is 2.05. The van der Waals surface area contributed by atoms with Crippen LogP contribution in [0.4, 0.5) is 17.1 Å². The number of carboxylic acid groups (broad SMARTS) is 1. The second-order valence-corrected chi connectivity index (χ2v) is 23.2. The van der Waals surface area contributed by atoms with Crippen LogP contribution in [-0.2, 0) is 14.4 Å². The van der Waals surface area contributed by atoms with Gasteiger partial charge in [-0.25, -0.2) is 4.85 Å². The molecule has 0 fully saturated rings. The molecule has 0 spiro atoms. The number of unbranched alkanes of at least 4 members (excludes halogenated alkanes) is 8. The highest BCUT2D eigenvalue weighted by molar-refractivity contribution is 7.16. The number of rotatable bonds is 33. The molecule has 2 atom stereocenters. The van der Waals surface area contributed by atoms with E-state index in [0.717, 1.165) is 125 Å². The summed E-state index contributed by atoms with van der Waals surface area (Å²) < 4.78 is 12.3. The van der Waals surface area contributed by atoms with Crippen molar-refractivity contribution in [3.8, 4) is 33.1 Å². The van der Waals surface area contributed by atoms with E-state index in [2.05, 4.69) is 136 Å². The lowest BCUT2D eigenvalue weighted by Crippen LogP contribution is -2.34. The van der Waals surface area contributed by atoms with Crippen LogP contribution < -0.4 is 14.4 Å². The molecule has 8 rings (SSSR count). The lowest BCUT2D eigenvalue weighted by Gasteiger charge is -2.29. The monoisotopic (exact) mass is 1130 g/mol. The molecule has 2 aliphatic rings. The van der Waals surface area contributed by atoms with E-state index in [1.165, 1.54) is 44.6 Å². The van der Waals surface area contributed by atoms with Crippen LogP contribution in [0.5, 0.6) is 11.5 Å². The van der Waals surface area contributed by atoms with Crippen molar-refractivity contribution in [2.45, 2.75) is 144 Å². The molecule has 434 valence electrons. The number of hydrogen-bond acceptors (Lipinski definition) is 7. The number of fused-ring (bicyclic) bond motifs is 1. The number of anilines is 3. The molecule has 0 radical (unpaired) electrons. The van der Waals surface area contributed by atoms with E-state index in [0.29, 0.717) is 54.4 Å². The first-order valence-electron chi connectivity index (χ1n) is 30.7. The highest BCUT2D eigenvalue weighted by Gasteiger charge is 2.49. The van der Waals surface area contributed by atoms with Crippen LogP contribution in [0.2, 0.25) is 0 Å². The predicted octanol–water partition coefficient (Wildman–Crippen LogP) is 19.1. The van der Waals surface area contributed by atoms with Gasteiger partial charge in [-0.3, -0.25) is 14.4 Å². The van der Waals surface area contributed by atoms with E-state index in [1.54, 1.807) is 23.5 Å². The fraction of sp³-hybridized carbons (Fsp3) is 0.389. The predicted molar refractivity (Wildman–Crippen MR) is 342 cm³/mol. The van der Waals surface area contributed by atoms with Gasteiger partial charge < -0.3 is 29.3 Å². The molecule has 83 heavy (non-hydrogen) atoms. The van der Waals surface area contributed by atoms with E-state index in [4.69, 9.17) is 16.0 Å². The maximum atomic E-state index is 15.5. The first-order chi connectivity index (χ1) is 40.5. The summed E-state index contributed by atoms with van der Waals surface area (Å²) >= 11 is 1.62. The average molecular weight is 1130 g/mol. The summed E-state index contributed by atoms with van der Waals surface area (Å²) in [7, 11) is 0. The highest BCUT2D eigenvalue weighted by Crippen LogP contribution is 2.50. The Labute approximate surface area is 498 Å². The van der Waals surface area contributed by atoms with Crippen LogP contribution >= 0.6 is 11.3 Å². The standard InChI is InChI=1S/C72H84N4O6S/c1-8-14-18-20-46-81-61-40-36-59(37-41-61)76(60-38-42-62(43-39-60)82-47-21-19-15-9-2)58-34-32-56(33-35-58)64-44-45-65(83-64)69-67-66(70(77)75(69)50-52(13-6)23-17-11-4)68(74(71(67)78)49-51(12-5)22-16-10-3)57-30-28-55(29-31-57)54-26-24-53(25-27-54)48-63(73-7)72(79)80/h24-45,48,51-52H,8-23,46-47,49-50H2,1-6H3,(H,79,80)/b63-48-. The SMILES string of the molecule is [C-]#[N+]/C(=C\c1ccc(-c2ccc(C3=C4C(=O)N(CC(CC)CCCC)C(c5ccc(-c6ccc(N(c7ccc(OCCCCCC)cc7)c7ccc(OCCCCCC)cc7)cc6)s5)=C4C(=O)N3CC(CC)CCCC)cc2)cc1)C(=O)O. The number of thiophene rings is 1. The molecule has 11 heteroatoms. The third kappa shape index (κ3) is 15.3. The zero-order chi connectivity index (χ0) is 58.7. The number of ether oxygens (including phenoxy) is 2. The topological polar surface area (TPSA) is 104 Å². The van der Waals surface area contributed by atoms with Crippen molar-refractivity contribution in [3.05, 3.63) is 178 Å². The molecule has 3 heterocycles. The van der Waals surface area contributed by atoms with Crippen molar-refractivity contribution in [1.82, 2.24) is 9.80 Å². The summed E-state index contributed by atoms with van der Waals surface area (Å²) in [6.07, 6.45) is 18.6. The Balaban J connectivity index is 1.16. The highest BCUT2D eigenvalue weighted by atomic mass is 32.1. The third-order valence-corrected chi connectivity index (χ3v) is 17.3. The van der Waals surface area contributed by atoms with Crippen molar-refractivity contribution in [2.24, 2.45) is 11.8 Å². The second kappa shape index (κ2) is 30.6. The summed E-state index contributed by atoms with van der Waals surface area (Å²) in [5.74, 6) is 0.717. The van der Waals surface area contributed by atoms with Crippen LogP contribution in [0, 0.1) is 18.4 Å². The van der Waals surface area contributed by atoms with Crippen molar-refractivity contribution in [3.63, 3.8) is 0 Å². The Bertz CT molecular complexity index is 3180. The summed E-state index contributed by atoms with van der Waals surface area (Å²) in [4.78, 5) is 53.8. The van der Waals surface area contributed by atoms with Crippen molar-refractivity contribution in [2.75, 3.05) is 31.2 Å². The second-order valence-electron chi connectivity index (χ2n) is 22.1. The Morgan fingerprint density at radius 2 is 0.952 bits per heavy atom. The molecule has 2 amide bonds. The molecule has 2 aliphatic heterocycles. The Kier molecular flexibility index (Phi) is 22.6. The molecule has 0 saturated carbocycles. The zero-order valence-corrected chi connectivity index (χ0v) is 50.6. The van der Waals surface area contributed by atoms with Crippen LogP contribution in [0.15, 0.2) is 150 Å². The Morgan fingerprint density at radius 3 is 1.41 bits per heavy atom. The quantitative estimate of drug-likeness (QED) is 0.0249. The normalized spacial score (nSPS) is 14.1. The molecule has 0 aliphatic carbocycles. The first kappa shape index (κ1) is 61.4. The van der Waals surface area contributed by atoms with Gasteiger partial charge in [0.2, 0.25) is 0 Å². The maximum Gasteiger partial charge on any atom is 0.333 e. The van der Waals surface area contributed by atoms with E-state index in [1.807, 2.05) is 46.2 Å². The van der Waals surface area contributed by atoms with Crippen LogP contribution in [0.3, 0.4) is 0 Å². The lowest BCUT2D eigenvalue weighted by atomic mass is 9.97. The number of carboxylic acids is 1. The largest absolute Gasteiger partial charge is 0.494 e. The summed E-state index contributed by atoms with van der Waals surface area (Å²) in [5.41, 5.74) is 9.31. The molecular formula is C72H84N4O6S. The number of carbonyl (C=O) groups excluding carboxylic acids is 2. The van der Waals surface area contributed by atoms with Gasteiger partial charge in [0, 0.05) is 35.0 Å². The molecule has 1 aromatic heterocycles. The van der Waals surface area contributed by atoms with Gasteiger partial charge in [0.05, 0.1) is 47.2 Å². The number of nitrogens with zero attached hydrogens (tertiary/aromatic N) is 4. The van der Waals surface area contributed by atoms with Crippen LogP contribution in [0.1, 0.15) is 160 Å². The molecular weight excluding hydrogens is 1050 g/mol. The number of hydrogen-bond donors (Lipinski definition) is 1. The van der Waals surface area contributed by atoms with E-state index in [-0.39, 0.29) is 29.3 Å². The summed E-state index contributed by atoms with van der Waals surface area (Å²) in [6, 6.07) is 45.1. The maximum absolute atomic E-state index is 15.5. The lowest BCUT2D eigenvalue weighted by molar-refractivity contribution is -0.132. The van der Waals surface area contributed by atoms with Crippen molar-refractivity contribution >= 4 is 63.7 Å². The number of benzene rings is 5. The van der Waals surface area contributed by atoms with Gasteiger partial charge in [0.25, 0.3) is 17.5 Å². The summed E-state index contributed by atoms with van der Waals surface area (Å²) in [6.45, 7) is 22.9. The van der Waals surface area contributed by atoms with Crippen LogP contribution in [-0.4, -0.2) is 59.0 Å². The fourth-order valence-electron chi connectivity index (χ4n) is 11.2. The van der Waals surface area contributed by atoms with Gasteiger partial charge >= 0.3 is 5.97 Å². The van der Waals surface area contributed by atoms with Gasteiger partial charge in [0.15, 0.2) is 0 Å².